The number of methoxy groups -OCH3 is 1. The van der Waals surface area contributed by atoms with Crippen LogP contribution in [-0.4, -0.2) is 59.8 Å². The van der Waals surface area contributed by atoms with Crippen LogP contribution in [0.2, 0.25) is 0 Å². The minimum absolute atomic E-state index is 0. The van der Waals surface area contributed by atoms with Gasteiger partial charge in [0.2, 0.25) is 10.0 Å². The van der Waals surface area contributed by atoms with Crippen molar-refractivity contribution in [2.24, 2.45) is 0 Å². The maximum Gasteiger partial charge on any atom is 0.240 e. The molecule has 2 rings (SSSR count). The Bertz CT molecular complexity index is 579. The molecule has 9 heteroatoms. The van der Waals surface area contributed by atoms with Gasteiger partial charge in [0.25, 0.3) is 0 Å². The summed E-state index contributed by atoms with van der Waals surface area (Å²) < 4.78 is 38.0. The molecule has 1 aliphatic heterocycles. The summed E-state index contributed by atoms with van der Waals surface area (Å²) in [6, 6.07) is 4.69. The highest BCUT2D eigenvalue weighted by Gasteiger charge is 2.16. The van der Waals surface area contributed by atoms with Gasteiger partial charge in [0.1, 0.15) is 5.75 Å². The first-order chi connectivity index (χ1) is 10.0. The maximum atomic E-state index is 12.2. The topological polar surface area (TPSA) is 67.9 Å². The summed E-state index contributed by atoms with van der Waals surface area (Å²) >= 11 is 3.29. The van der Waals surface area contributed by atoms with Crippen LogP contribution in [0.15, 0.2) is 27.6 Å². The van der Waals surface area contributed by atoms with Crippen LogP contribution < -0.4 is 9.46 Å². The van der Waals surface area contributed by atoms with Crippen molar-refractivity contribution in [2.75, 3.05) is 46.5 Å². The number of morpholine rings is 1. The van der Waals surface area contributed by atoms with E-state index >= 15 is 0 Å². The van der Waals surface area contributed by atoms with Crippen LogP contribution in [0.3, 0.4) is 0 Å². The Morgan fingerprint density at radius 2 is 2.05 bits per heavy atom. The predicted octanol–water partition coefficient (Wildman–Crippen LogP) is 1.49. The van der Waals surface area contributed by atoms with Gasteiger partial charge in [0.05, 0.1) is 29.7 Å². The lowest BCUT2D eigenvalue weighted by molar-refractivity contribution is 0.0390. The quantitative estimate of drug-likeness (QED) is 0.762. The number of hydrogen-bond acceptors (Lipinski definition) is 5. The van der Waals surface area contributed by atoms with Crippen molar-refractivity contribution < 1.29 is 17.9 Å². The van der Waals surface area contributed by atoms with Crippen molar-refractivity contribution in [3.8, 4) is 5.75 Å². The highest BCUT2D eigenvalue weighted by atomic mass is 79.9. The molecule has 0 aliphatic carbocycles. The number of sulfonamides is 1. The third-order valence-corrected chi connectivity index (χ3v) is 5.34. The fourth-order valence-electron chi connectivity index (χ4n) is 2.06. The zero-order chi connectivity index (χ0) is 15.3. The first-order valence-corrected chi connectivity index (χ1v) is 8.94. The monoisotopic (exact) mass is 414 g/mol. The van der Waals surface area contributed by atoms with Gasteiger partial charge in [0.15, 0.2) is 0 Å². The minimum Gasteiger partial charge on any atom is -0.496 e. The van der Waals surface area contributed by atoms with Gasteiger partial charge in [0, 0.05) is 26.2 Å². The van der Waals surface area contributed by atoms with E-state index in [1.165, 1.54) is 19.2 Å². The van der Waals surface area contributed by atoms with Crippen molar-refractivity contribution in [1.29, 1.82) is 0 Å². The zero-order valence-electron chi connectivity index (χ0n) is 12.2. The first-order valence-electron chi connectivity index (χ1n) is 6.66. The third kappa shape index (κ3) is 5.36. The lowest BCUT2D eigenvalue weighted by atomic mass is 10.3. The van der Waals surface area contributed by atoms with E-state index in [1.54, 1.807) is 6.07 Å². The largest absolute Gasteiger partial charge is 0.496 e. The average molecular weight is 416 g/mol. The van der Waals surface area contributed by atoms with Gasteiger partial charge in [-0.25, -0.2) is 13.1 Å². The van der Waals surface area contributed by atoms with E-state index in [0.717, 1.165) is 13.1 Å². The fourth-order valence-corrected chi connectivity index (χ4v) is 3.80. The van der Waals surface area contributed by atoms with E-state index in [4.69, 9.17) is 9.47 Å². The third-order valence-electron chi connectivity index (χ3n) is 3.26. The van der Waals surface area contributed by atoms with Gasteiger partial charge in [-0.15, -0.1) is 12.4 Å². The van der Waals surface area contributed by atoms with Gasteiger partial charge >= 0.3 is 0 Å². The van der Waals surface area contributed by atoms with E-state index in [-0.39, 0.29) is 17.3 Å². The molecule has 1 N–H and O–H groups in total. The standard InChI is InChI=1S/C13H19BrN2O4S.ClH/c1-19-13-3-2-11(10-12(13)14)21(17,18)15-4-5-16-6-8-20-9-7-16;/h2-3,10,15H,4-9H2,1H3;1H. The molecule has 1 saturated heterocycles. The van der Waals surface area contributed by atoms with Crippen molar-refractivity contribution in [1.82, 2.24) is 9.62 Å². The summed E-state index contributed by atoms with van der Waals surface area (Å²) in [7, 11) is -1.97. The molecule has 0 aromatic heterocycles. The van der Waals surface area contributed by atoms with Crippen LogP contribution in [0.25, 0.3) is 0 Å². The highest BCUT2D eigenvalue weighted by Crippen LogP contribution is 2.27. The van der Waals surface area contributed by atoms with Crippen molar-refractivity contribution in [2.45, 2.75) is 4.90 Å². The Morgan fingerprint density at radius 3 is 2.64 bits per heavy atom. The van der Waals surface area contributed by atoms with Gasteiger partial charge in [-0.2, -0.15) is 0 Å². The van der Waals surface area contributed by atoms with Crippen molar-refractivity contribution in [3.63, 3.8) is 0 Å². The molecular formula is C13H20BrClN2O4S. The number of ether oxygens (including phenoxy) is 2. The Hall–Kier alpha value is -0.380. The number of hydrogen-bond donors (Lipinski definition) is 1. The second-order valence-corrected chi connectivity index (χ2v) is 7.27. The van der Waals surface area contributed by atoms with Crippen LogP contribution in [0.1, 0.15) is 0 Å². The number of nitrogens with one attached hydrogen (secondary N) is 1. The van der Waals surface area contributed by atoms with Crippen LogP contribution in [0.4, 0.5) is 0 Å². The average Bonchev–Trinajstić information content (AvgIpc) is 2.48. The molecule has 0 spiro atoms. The Kier molecular flexibility index (Phi) is 8.09. The highest BCUT2D eigenvalue weighted by molar-refractivity contribution is 9.10. The molecule has 22 heavy (non-hydrogen) atoms. The molecule has 1 heterocycles. The molecule has 0 unspecified atom stereocenters. The summed E-state index contributed by atoms with van der Waals surface area (Å²) in [5.74, 6) is 0.599. The van der Waals surface area contributed by atoms with Crippen molar-refractivity contribution in [3.05, 3.63) is 22.7 Å². The van der Waals surface area contributed by atoms with Gasteiger partial charge in [-0.3, -0.25) is 4.90 Å². The lowest BCUT2D eigenvalue weighted by Crippen LogP contribution is -2.41. The van der Waals surface area contributed by atoms with Crippen LogP contribution in [0, 0.1) is 0 Å². The first kappa shape index (κ1) is 19.7. The Labute approximate surface area is 145 Å². The summed E-state index contributed by atoms with van der Waals surface area (Å²) in [5.41, 5.74) is 0. The Morgan fingerprint density at radius 1 is 1.36 bits per heavy atom. The number of rotatable bonds is 6. The minimum atomic E-state index is -3.50. The van der Waals surface area contributed by atoms with Crippen LogP contribution >= 0.6 is 28.3 Å². The molecule has 1 aliphatic rings. The SMILES string of the molecule is COc1ccc(S(=O)(=O)NCCN2CCOCC2)cc1Br.Cl. The van der Waals surface area contributed by atoms with Gasteiger partial charge in [-0.05, 0) is 34.1 Å². The van der Waals surface area contributed by atoms with E-state index in [1.807, 2.05) is 0 Å². The molecular weight excluding hydrogens is 396 g/mol. The van der Waals surface area contributed by atoms with Crippen LogP contribution in [-0.2, 0) is 14.8 Å². The predicted molar refractivity (Wildman–Crippen MR) is 90.4 cm³/mol. The second kappa shape index (κ2) is 9.05. The second-order valence-electron chi connectivity index (χ2n) is 4.65. The molecule has 126 valence electrons. The molecule has 1 fully saturated rings. The van der Waals surface area contributed by atoms with E-state index < -0.39 is 10.0 Å². The van der Waals surface area contributed by atoms with Gasteiger partial charge < -0.3 is 9.47 Å². The smallest absolute Gasteiger partial charge is 0.240 e. The van der Waals surface area contributed by atoms with E-state index in [9.17, 15) is 8.42 Å². The summed E-state index contributed by atoms with van der Waals surface area (Å²) in [4.78, 5) is 2.40. The van der Waals surface area contributed by atoms with Crippen LogP contribution in [0.5, 0.6) is 5.75 Å². The molecule has 0 radical (unpaired) electrons. The number of halogens is 2. The fraction of sp³-hybridized carbons (Fsp3) is 0.538. The van der Waals surface area contributed by atoms with Gasteiger partial charge in [-0.1, -0.05) is 0 Å². The molecule has 1 aromatic rings. The maximum absolute atomic E-state index is 12.2. The number of nitrogens with zero attached hydrogens (tertiary/aromatic N) is 1. The summed E-state index contributed by atoms with van der Waals surface area (Å²) in [6.45, 7) is 4.16. The van der Waals surface area contributed by atoms with E-state index in [2.05, 4.69) is 25.6 Å². The molecule has 0 atom stereocenters. The molecule has 6 nitrogen and oxygen atoms in total. The normalized spacial score (nSPS) is 16.1. The Balaban J connectivity index is 0.00000242. The lowest BCUT2D eigenvalue weighted by Gasteiger charge is -2.26. The summed E-state index contributed by atoms with van der Waals surface area (Å²) in [5, 5.41) is 0. The number of benzene rings is 1. The van der Waals surface area contributed by atoms with E-state index in [0.29, 0.717) is 36.5 Å². The molecule has 0 bridgehead atoms. The molecule has 0 amide bonds. The molecule has 0 saturated carbocycles. The molecule has 1 aromatic carbocycles. The summed E-state index contributed by atoms with van der Waals surface area (Å²) in [6.07, 6.45) is 0. The zero-order valence-corrected chi connectivity index (χ0v) is 15.5. The van der Waals surface area contributed by atoms with Crippen molar-refractivity contribution >= 4 is 38.4 Å².